The Balaban J connectivity index is 1.63. The summed E-state index contributed by atoms with van der Waals surface area (Å²) in [5.41, 5.74) is 1.15. The third-order valence-electron chi connectivity index (χ3n) is 4.23. The number of halogens is 1. The van der Waals surface area contributed by atoms with Crippen LogP contribution in [0, 0.1) is 5.92 Å². The van der Waals surface area contributed by atoms with Crippen LogP contribution in [0.3, 0.4) is 0 Å². The van der Waals surface area contributed by atoms with E-state index in [0.29, 0.717) is 0 Å². The Hall–Kier alpha value is -0.460. The summed E-state index contributed by atoms with van der Waals surface area (Å²) >= 11 is 5.39. The maximum Gasteiger partial charge on any atom is 0.152 e. The minimum atomic E-state index is 0.789. The largest absolute Gasteiger partial charge is 0.355 e. The highest BCUT2D eigenvalue weighted by Gasteiger charge is 2.25. The molecule has 0 unspecified atom stereocenters. The number of piperidine rings is 1. The maximum atomic E-state index is 4.68. The van der Waals surface area contributed by atoms with Crippen molar-refractivity contribution in [1.29, 1.82) is 0 Å². The first kappa shape index (κ1) is 16.4. The lowest BCUT2D eigenvalue weighted by molar-refractivity contribution is 0.284. The summed E-state index contributed by atoms with van der Waals surface area (Å²) < 4.78 is 4.57. The topological polar surface area (TPSA) is 31.4 Å². The number of aromatic nitrogens is 1. The van der Waals surface area contributed by atoms with Crippen LogP contribution in [-0.4, -0.2) is 48.9 Å². The number of nitrogens with zero attached hydrogens (tertiary/aromatic N) is 3. The van der Waals surface area contributed by atoms with Gasteiger partial charge in [0.2, 0.25) is 0 Å². The molecule has 0 atom stereocenters. The summed E-state index contributed by atoms with van der Waals surface area (Å²) in [6, 6.07) is 2.16. The second kappa shape index (κ2) is 7.41. The maximum absolute atomic E-state index is 4.68. The van der Waals surface area contributed by atoms with E-state index in [2.05, 4.69) is 55.6 Å². The van der Waals surface area contributed by atoms with Gasteiger partial charge in [-0.25, -0.2) is 4.98 Å². The van der Waals surface area contributed by atoms with Gasteiger partial charge in [-0.15, -0.1) is 0 Å². The van der Waals surface area contributed by atoms with E-state index in [4.69, 9.17) is 0 Å². The van der Waals surface area contributed by atoms with E-state index in [-0.39, 0.29) is 0 Å². The van der Waals surface area contributed by atoms with Crippen molar-refractivity contribution in [2.75, 3.05) is 43.4 Å². The van der Waals surface area contributed by atoms with Gasteiger partial charge in [-0.2, -0.15) is 0 Å². The summed E-state index contributed by atoms with van der Waals surface area (Å²) in [5, 5.41) is 0.789. The summed E-state index contributed by atoms with van der Waals surface area (Å²) in [5.74, 6) is 1.93. The molecule has 122 valence electrons. The molecule has 0 amide bonds. The zero-order valence-electron chi connectivity index (χ0n) is 13.4. The van der Waals surface area contributed by atoms with Gasteiger partial charge in [0.05, 0.1) is 5.69 Å². The van der Waals surface area contributed by atoms with Gasteiger partial charge in [0.15, 0.2) is 5.82 Å². The van der Waals surface area contributed by atoms with Crippen molar-refractivity contribution < 1.29 is 0 Å². The van der Waals surface area contributed by atoms with E-state index in [9.17, 15) is 0 Å². The Labute approximate surface area is 146 Å². The van der Waals surface area contributed by atoms with Gasteiger partial charge in [0.25, 0.3) is 0 Å². The summed E-state index contributed by atoms with van der Waals surface area (Å²) in [6.07, 6.45) is 7.10. The Morgan fingerprint density at radius 2 is 2.05 bits per heavy atom. The molecule has 0 bridgehead atoms. The fourth-order valence-corrected chi connectivity index (χ4v) is 4.08. The highest BCUT2D eigenvalue weighted by Crippen LogP contribution is 2.37. The van der Waals surface area contributed by atoms with Crippen molar-refractivity contribution >= 4 is 39.4 Å². The quantitative estimate of drug-likeness (QED) is 0.752. The van der Waals surface area contributed by atoms with E-state index in [1.807, 2.05) is 18.1 Å². The van der Waals surface area contributed by atoms with Gasteiger partial charge in [-0.1, -0.05) is 0 Å². The van der Waals surface area contributed by atoms with Gasteiger partial charge >= 0.3 is 0 Å². The third-order valence-corrected chi connectivity index (χ3v) is 5.81. The predicted octanol–water partition coefficient (Wildman–Crippen LogP) is 3.84. The molecule has 0 radical (unpaired) electrons. The van der Waals surface area contributed by atoms with Gasteiger partial charge in [-0.05, 0) is 79.6 Å². The molecule has 22 heavy (non-hydrogen) atoms. The van der Waals surface area contributed by atoms with Crippen LogP contribution in [0.4, 0.5) is 11.5 Å². The molecule has 6 heteroatoms. The molecule has 3 rings (SSSR count). The Bertz CT molecular complexity index is 499. The Morgan fingerprint density at radius 1 is 1.32 bits per heavy atom. The van der Waals surface area contributed by atoms with Crippen LogP contribution in [0.25, 0.3) is 0 Å². The molecule has 2 fully saturated rings. The molecule has 4 nitrogen and oxygen atoms in total. The van der Waals surface area contributed by atoms with Crippen molar-refractivity contribution in [2.24, 2.45) is 5.92 Å². The molecule has 0 spiro atoms. The number of rotatable bonds is 6. The molecule has 2 aliphatic rings. The van der Waals surface area contributed by atoms with E-state index < -0.39 is 0 Å². The second-order valence-electron chi connectivity index (χ2n) is 6.64. The van der Waals surface area contributed by atoms with Crippen molar-refractivity contribution in [2.45, 2.75) is 30.9 Å². The van der Waals surface area contributed by atoms with E-state index in [1.165, 1.54) is 32.2 Å². The van der Waals surface area contributed by atoms with E-state index in [1.54, 1.807) is 0 Å². The Morgan fingerprint density at radius 3 is 2.68 bits per heavy atom. The Kier molecular flexibility index (Phi) is 5.52. The summed E-state index contributed by atoms with van der Waals surface area (Å²) in [6.45, 7) is 3.41. The molecule has 1 N–H and O–H groups in total. The van der Waals surface area contributed by atoms with Gasteiger partial charge < -0.3 is 14.5 Å². The zero-order valence-corrected chi connectivity index (χ0v) is 15.8. The first-order chi connectivity index (χ1) is 10.6. The first-order valence-electron chi connectivity index (χ1n) is 8.08. The fourth-order valence-electron chi connectivity index (χ4n) is 2.94. The number of nitrogens with one attached hydrogen (secondary N) is 1. The van der Waals surface area contributed by atoms with E-state index >= 15 is 0 Å². The molecule has 2 heterocycles. The van der Waals surface area contributed by atoms with Gasteiger partial charge in [0.1, 0.15) is 0 Å². The zero-order chi connectivity index (χ0) is 15.5. The molecule has 1 aromatic heterocycles. The number of hydrogen-bond acceptors (Lipinski definition) is 5. The standard InChI is InChI=1S/C16H25BrN4S/c1-20(2)11-12-5-7-21(8-6-12)16-15(9-13(17)10-18-16)19-22-14-3-4-14/h9-10,12,14,19H,3-8,11H2,1-2H3. The highest BCUT2D eigenvalue weighted by molar-refractivity contribution is 9.10. The van der Waals surface area contributed by atoms with Gasteiger partial charge in [-0.3, -0.25) is 0 Å². The van der Waals surface area contributed by atoms with Gasteiger partial charge in [0, 0.05) is 35.6 Å². The van der Waals surface area contributed by atoms with Crippen LogP contribution < -0.4 is 9.62 Å². The normalized spacial score (nSPS) is 19.7. The van der Waals surface area contributed by atoms with Crippen LogP contribution in [0.2, 0.25) is 0 Å². The molecular formula is C16H25BrN4S. The average molecular weight is 385 g/mol. The SMILES string of the molecule is CN(C)CC1CCN(c2ncc(Br)cc2NSC2CC2)CC1. The lowest BCUT2D eigenvalue weighted by atomic mass is 9.96. The molecule has 1 aromatic rings. The lowest BCUT2D eigenvalue weighted by Gasteiger charge is -2.34. The van der Waals surface area contributed by atoms with Crippen molar-refractivity contribution in [1.82, 2.24) is 9.88 Å². The smallest absolute Gasteiger partial charge is 0.152 e. The molecular weight excluding hydrogens is 360 g/mol. The number of anilines is 2. The second-order valence-corrected chi connectivity index (χ2v) is 8.66. The lowest BCUT2D eigenvalue weighted by Crippen LogP contribution is -2.37. The van der Waals surface area contributed by atoms with Crippen LogP contribution in [-0.2, 0) is 0 Å². The third kappa shape index (κ3) is 4.52. The number of hydrogen-bond donors (Lipinski definition) is 1. The van der Waals surface area contributed by atoms with Crippen LogP contribution in [0.1, 0.15) is 25.7 Å². The molecule has 1 saturated carbocycles. The molecule has 1 aliphatic carbocycles. The predicted molar refractivity (Wildman–Crippen MR) is 99.7 cm³/mol. The van der Waals surface area contributed by atoms with Crippen molar-refractivity contribution in [3.63, 3.8) is 0 Å². The van der Waals surface area contributed by atoms with Crippen LogP contribution in [0.5, 0.6) is 0 Å². The number of pyridine rings is 1. The van der Waals surface area contributed by atoms with Crippen LogP contribution >= 0.6 is 27.9 Å². The van der Waals surface area contributed by atoms with Crippen LogP contribution in [0.15, 0.2) is 16.7 Å². The van der Waals surface area contributed by atoms with Crippen molar-refractivity contribution in [3.8, 4) is 0 Å². The monoisotopic (exact) mass is 384 g/mol. The minimum Gasteiger partial charge on any atom is -0.355 e. The van der Waals surface area contributed by atoms with E-state index in [0.717, 1.165) is 40.2 Å². The molecule has 1 saturated heterocycles. The summed E-state index contributed by atoms with van der Waals surface area (Å²) in [4.78, 5) is 9.42. The first-order valence-corrected chi connectivity index (χ1v) is 9.76. The summed E-state index contributed by atoms with van der Waals surface area (Å²) in [7, 11) is 4.33. The average Bonchev–Trinajstić information content (AvgIpc) is 3.30. The highest BCUT2D eigenvalue weighted by atomic mass is 79.9. The molecule has 0 aromatic carbocycles. The minimum absolute atomic E-state index is 0.789. The molecule has 1 aliphatic heterocycles. The fraction of sp³-hybridized carbons (Fsp3) is 0.688. The van der Waals surface area contributed by atoms with Crippen molar-refractivity contribution in [3.05, 3.63) is 16.7 Å².